The summed E-state index contributed by atoms with van der Waals surface area (Å²) in [5.74, 6) is -0.123. The Labute approximate surface area is 249 Å². The predicted molar refractivity (Wildman–Crippen MR) is 166 cm³/mol. The van der Waals surface area contributed by atoms with Crippen molar-refractivity contribution in [2.75, 3.05) is 31.1 Å². The lowest BCUT2D eigenvalue weighted by atomic mass is 9.93. The Bertz CT molecular complexity index is 1530. The minimum atomic E-state index is -0.861. The van der Waals surface area contributed by atoms with Crippen molar-refractivity contribution in [1.29, 1.82) is 0 Å². The number of nitrogens with zero attached hydrogens (tertiary/aromatic N) is 5. The third-order valence-electron chi connectivity index (χ3n) is 6.99. The molecule has 10 heteroatoms. The number of aryl methyl sites for hydroxylation is 1. The van der Waals surface area contributed by atoms with E-state index in [9.17, 15) is 9.90 Å². The number of halogens is 1. The first-order valence-electron chi connectivity index (χ1n) is 13.9. The van der Waals surface area contributed by atoms with Crippen molar-refractivity contribution in [3.63, 3.8) is 0 Å². The number of carboxylic acid groups (broad SMARTS) is 1. The van der Waals surface area contributed by atoms with E-state index in [0.29, 0.717) is 5.02 Å². The van der Waals surface area contributed by atoms with E-state index in [1.165, 1.54) is 24.2 Å². The van der Waals surface area contributed by atoms with Crippen LogP contribution >= 0.6 is 22.9 Å². The van der Waals surface area contributed by atoms with Crippen LogP contribution in [0, 0.1) is 6.92 Å². The lowest BCUT2D eigenvalue weighted by molar-refractivity contribution is -0.136. The van der Waals surface area contributed by atoms with Crippen molar-refractivity contribution >= 4 is 45.1 Å². The summed E-state index contributed by atoms with van der Waals surface area (Å²) in [4.78, 5) is 30.9. The number of aliphatic hydroxyl groups is 1. The van der Waals surface area contributed by atoms with Crippen molar-refractivity contribution < 1.29 is 15.0 Å². The molecular formula is C31H36ClN5O3S. The van der Waals surface area contributed by atoms with Crippen LogP contribution in [-0.2, 0) is 11.2 Å². The van der Waals surface area contributed by atoms with Crippen LogP contribution in [0.15, 0.2) is 42.6 Å². The second-order valence-corrected chi connectivity index (χ2v) is 13.1. The summed E-state index contributed by atoms with van der Waals surface area (Å²) >= 11 is 7.68. The highest BCUT2D eigenvalue weighted by Crippen LogP contribution is 2.41. The van der Waals surface area contributed by atoms with Crippen molar-refractivity contribution in [1.82, 2.24) is 19.9 Å². The first kappa shape index (κ1) is 29.4. The average molecular weight is 594 g/mol. The minimum Gasteiger partial charge on any atom is -0.481 e. The second kappa shape index (κ2) is 12.0. The fraction of sp³-hybridized carbons (Fsp3) is 0.419. The number of anilines is 1. The number of benzene rings is 2. The van der Waals surface area contributed by atoms with Gasteiger partial charge in [-0.05, 0) is 81.5 Å². The lowest BCUT2D eigenvalue weighted by Gasteiger charge is -2.34. The zero-order valence-electron chi connectivity index (χ0n) is 23.9. The van der Waals surface area contributed by atoms with Gasteiger partial charge in [-0.1, -0.05) is 23.7 Å². The molecule has 0 amide bonds. The highest BCUT2D eigenvalue weighted by Gasteiger charge is 2.31. The molecule has 0 unspecified atom stereocenters. The molecule has 2 aromatic carbocycles. The Kier molecular flexibility index (Phi) is 8.61. The van der Waals surface area contributed by atoms with Crippen LogP contribution in [-0.4, -0.2) is 73.9 Å². The Morgan fingerprint density at radius 2 is 1.73 bits per heavy atom. The normalized spacial score (nSPS) is 16.0. The van der Waals surface area contributed by atoms with Gasteiger partial charge in [-0.2, -0.15) is 0 Å². The topological polar surface area (TPSA) is 103 Å². The van der Waals surface area contributed by atoms with E-state index < -0.39 is 11.6 Å². The molecule has 41 heavy (non-hydrogen) atoms. The van der Waals surface area contributed by atoms with Crippen LogP contribution < -0.4 is 4.90 Å². The molecule has 0 bridgehead atoms. The van der Waals surface area contributed by atoms with Gasteiger partial charge in [0.1, 0.15) is 10.7 Å². The fourth-order valence-electron chi connectivity index (χ4n) is 4.99. The molecule has 8 nitrogen and oxygen atoms in total. The molecule has 0 spiro atoms. The maximum absolute atomic E-state index is 11.7. The van der Waals surface area contributed by atoms with Gasteiger partial charge in [0.05, 0.1) is 22.2 Å². The van der Waals surface area contributed by atoms with E-state index in [0.717, 1.165) is 81.3 Å². The molecule has 3 heterocycles. The van der Waals surface area contributed by atoms with Crippen LogP contribution in [0.4, 0.5) is 5.95 Å². The van der Waals surface area contributed by atoms with Gasteiger partial charge < -0.3 is 15.1 Å². The SMILES string of the molecule is CC(C)(C)O.Cc1cc2nc(-c3ccnc(N4CCN(C5CC5)CC4)n3)sc2c(-c2ccc(Cl)cc2)c1CC(=O)O. The summed E-state index contributed by atoms with van der Waals surface area (Å²) in [7, 11) is 0. The van der Waals surface area contributed by atoms with Gasteiger partial charge in [-0.25, -0.2) is 15.0 Å². The Morgan fingerprint density at radius 1 is 1.07 bits per heavy atom. The molecular weight excluding hydrogens is 558 g/mol. The predicted octanol–water partition coefficient (Wildman–Crippen LogP) is 6.07. The zero-order valence-corrected chi connectivity index (χ0v) is 25.5. The molecule has 1 saturated heterocycles. The molecule has 2 aliphatic rings. The van der Waals surface area contributed by atoms with Crippen LogP contribution in [0.25, 0.3) is 32.0 Å². The number of thiazole rings is 1. The van der Waals surface area contributed by atoms with Crippen LogP contribution in [0.1, 0.15) is 44.7 Å². The van der Waals surface area contributed by atoms with E-state index in [1.807, 2.05) is 43.3 Å². The molecule has 2 N–H and O–H groups in total. The summed E-state index contributed by atoms with van der Waals surface area (Å²) in [5, 5.41) is 19.6. The Hall–Kier alpha value is -3.11. The van der Waals surface area contributed by atoms with Crippen LogP contribution in [0.5, 0.6) is 0 Å². The smallest absolute Gasteiger partial charge is 0.307 e. The summed E-state index contributed by atoms with van der Waals surface area (Å²) in [5.41, 5.74) is 4.65. The monoisotopic (exact) mass is 593 g/mol. The minimum absolute atomic E-state index is 0.0581. The van der Waals surface area contributed by atoms with Gasteiger partial charge in [0.2, 0.25) is 5.95 Å². The number of piperazine rings is 1. The molecule has 1 aliphatic carbocycles. The molecule has 4 aromatic rings. The number of hydrogen-bond acceptors (Lipinski definition) is 8. The van der Waals surface area contributed by atoms with Gasteiger partial charge >= 0.3 is 5.97 Å². The molecule has 6 rings (SSSR count). The molecule has 216 valence electrons. The Balaban J connectivity index is 0.000000623. The summed E-state index contributed by atoms with van der Waals surface area (Å²) in [6.07, 6.45) is 4.40. The summed E-state index contributed by atoms with van der Waals surface area (Å²) in [6.45, 7) is 11.1. The Morgan fingerprint density at radius 3 is 2.34 bits per heavy atom. The van der Waals surface area contributed by atoms with Gasteiger partial charge in [0.25, 0.3) is 0 Å². The number of carbonyl (C=O) groups is 1. The third kappa shape index (κ3) is 7.40. The summed E-state index contributed by atoms with van der Waals surface area (Å²) < 4.78 is 0.951. The van der Waals surface area contributed by atoms with E-state index in [4.69, 9.17) is 26.7 Å². The lowest BCUT2D eigenvalue weighted by Crippen LogP contribution is -2.47. The maximum atomic E-state index is 11.7. The van der Waals surface area contributed by atoms with E-state index >= 15 is 0 Å². The number of rotatable bonds is 6. The third-order valence-corrected chi connectivity index (χ3v) is 8.36. The van der Waals surface area contributed by atoms with E-state index in [2.05, 4.69) is 14.8 Å². The quantitative estimate of drug-likeness (QED) is 0.278. The number of aromatic nitrogens is 3. The van der Waals surface area contributed by atoms with Gasteiger partial charge in [0.15, 0.2) is 0 Å². The molecule has 0 atom stereocenters. The number of hydrogen-bond donors (Lipinski definition) is 2. The first-order valence-corrected chi connectivity index (χ1v) is 15.1. The number of aliphatic carboxylic acids is 1. The zero-order chi connectivity index (χ0) is 29.3. The molecule has 0 radical (unpaired) electrons. The van der Waals surface area contributed by atoms with Crippen molar-refractivity contribution in [3.8, 4) is 21.8 Å². The molecule has 1 aliphatic heterocycles. The van der Waals surface area contributed by atoms with Crippen LogP contribution in [0.3, 0.4) is 0 Å². The first-order chi connectivity index (χ1) is 19.5. The van der Waals surface area contributed by atoms with Gasteiger partial charge in [0, 0.05) is 49.0 Å². The highest BCUT2D eigenvalue weighted by atomic mass is 35.5. The number of carboxylic acids is 1. The van der Waals surface area contributed by atoms with E-state index in [-0.39, 0.29) is 6.42 Å². The highest BCUT2D eigenvalue weighted by molar-refractivity contribution is 7.22. The largest absolute Gasteiger partial charge is 0.481 e. The van der Waals surface area contributed by atoms with E-state index in [1.54, 1.807) is 27.0 Å². The second-order valence-electron chi connectivity index (χ2n) is 11.7. The molecule has 2 fully saturated rings. The fourth-order valence-corrected chi connectivity index (χ4v) is 6.23. The van der Waals surface area contributed by atoms with Gasteiger partial charge in [-0.15, -0.1) is 11.3 Å². The van der Waals surface area contributed by atoms with Crippen molar-refractivity contribution in [3.05, 3.63) is 58.7 Å². The van der Waals surface area contributed by atoms with Crippen molar-refractivity contribution in [2.24, 2.45) is 0 Å². The standard InChI is InChI=1S/C27H26ClN5O2S.C4H10O/c1-16-14-22-25(24(20(16)15-23(34)35)17-2-4-18(28)5-3-17)36-26(30-22)21-8-9-29-27(31-21)33-12-10-32(11-13-33)19-6-7-19;1-4(2,3)5/h2-5,8-9,14,19H,6-7,10-13,15H2,1H3,(H,34,35);5H,1-3H3. The summed E-state index contributed by atoms with van der Waals surface area (Å²) in [6, 6.07) is 12.2. The van der Waals surface area contributed by atoms with Gasteiger partial charge in [-0.3, -0.25) is 9.69 Å². The van der Waals surface area contributed by atoms with Crippen molar-refractivity contribution in [2.45, 2.75) is 58.6 Å². The maximum Gasteiger partial charge on any atom is 0.307 e. The van der Waals surface area contributed by atoms with Crippen LogP contribution in [0.2, 0.25) is 5.02 Å². The average Bonchev–Trinajstić information content (AvgIpc) is 3.68. The molecule has 2 aromatic heterocycles. The number of fused-ring (bicyclic) bond motifs is 1. The molecule has 1 saturated carbocycles.